The van der Waals surface area contributed by atoms with Gasteiger partial charge in [0.25, 0.3) is 0 Å². The Morgan fingerprint density at radius 3 is 2.72 bits per heavy atom. The molecular formula is C11H6Cl2N4S. The Morgan fingerprint density at radius 2 is 1.94 bits per heavy atom. The highest BCUT2D eigenvalue weighted by molar-refractivity contribution is 7.99. The molecule has 0 saturated carbocycles. The SMILES string of the molecule is Clc1cnc(Sc2ccn3ccnc3c2Cl)cn1. The summed E-state index contributed by atoms with van der Waals surface area (Å²) in [6.07, 6.45) is 8.57. The van der Waals surface area contributed by atoms with Crippen molar-refractivity contribution >= 4 is 40.6 Å². The van der Waals surface area contributed by atoms with Crippen LogP contribution >= 0.6 is 35.0 Å². The maximum Gasteiger partial charge on any atom is 0.156 e. The Bertz CT molecular complexity index is 696. The Kier molecular flexibility index (Phi) is 3.11. The summed E-state index contributed by atoms with van der Waals surface area (Å²) < 4.78 is 1.86. The van der Waals surface area contributed by atoms with E-state index in [0.717, 1.165) is 15.6 Å². The molecule has 0 atom stereocenters. The van der Waals surface area contributed by atoms with Gasteiger partial charge in [-0.3, -0.25) is 0 Å². The monoisotopic (exact) mass is 296 g/mol. The lowest BCUT2D eigenvalue weighted by Crippen LogP contribution is -1.87. The highest BCUT2D eigenvalue weighted by Crippen LogP contribution is 2.33. The molecule has 0 spiro atoms. The van der Waals surface area contributed by atoms with Crippen molar-refractivity contribution < 1.29 is 0 Å². The standard InChI is InChI=1S/C11H6Cl2N4S/c12-8-5-16-9(6-15-8)18-7-1-3-17-4-2-14-11(17)10(7)13/h1-6H. The minimum Gasteiger partial charge on any atom is -0.306 e. The lowest BCUT2D eigenvalue weighted by atomic mass is 10.5. The molecule has 0 aliphatic carbocycles. The molecule has 0 radical (unpaired) electrons. The number of halogens is 2. The fourth-order valence-corrected chi connectivity index (χ4v) is 2.65. The van der Waals surface area contributed by atoms with Gasteiger partial charge >= 0.3 is 0 Å². The number of rotatable bonds is 2. The van der Waals surface area contributed by atoms with E-state index in [4.69, 9.17) is 23.2 Å². The molecule has 7 heteroatoms. The van der Waals surface area contributed by atoms with E-state index in [2.05, 4.69) is 15.0 Å². The fourth-order valence-electron chi connectivity index (χ4n) is 1.48. The third-order valence-corrected chi connectivity index (χ3v) is 3.94. The van der Waals surface area contributed by atoms with Crippen molar-refractivity contribution in [2.45, 2.75) is 9.92 Å². The molecule has 0 aromatic carbocycles. The van der Waals surface area contributed by atoms with Crippen molar-refractivity contribution in [1.29, 1.82) is 0 Å². The molecule has 0 N–H and O–H groups in total. The Morgan fingerprint density at radius 1 is 1.06 bits per heavy atom. The predicted octanol–water partition coefficient (Wildman–Crippen LogP) is 3.58. The van der Waals surface area contributed by atoms with Crippen molar-refractivity contribution in [2.75, 3.05) is 0 Å². The highest BCUT2D eigenvalue weighted by atomic mass is 35.5. The molecule has 0 bridgehead atoms. The van der Waals surface area contributed by atoms with Crippen LogP contribution in [0.4, 0.5) is 0 Å². The van der Waals surface area contributed by atoms with E-state index in [0.29, 0.717) is 10.2 Å². The maximum absolute atomic E-state index is 6.29. The third kappa shape index (κ3) is 2.16. The number of aromatic nitrogens is 4. The summed E-state index contributed by atoms with van der Waals surface area (Å²) >= 11 is 13.4. The highest BCUT2D eigenvalue weighted by Gasteiger charge is 2.09. The van der Waals surface area contributed by atoms with Gasteiger partial charge in [0.2, 0.25) is 0 Å². The lowest BCUT2D eigenvalue weighted by Gasteiger charge is -2.04. The largest absolute Gasteiger partial charge is 0.306 e. The molecular weight excluding hydrogens is 291 g/mol. The summed E-state index contributed by atoms with van der Waals surface area (Å²) in [5.41, 5.74) is 0.726. The molecule has 0 unspecified atom stereocenters. The summed E-state index contributed by atoms with van der Waals surface area (Å²) in [6.45, 7) is 0. The smallest absolute Gasteiger partial charge is 0.156 e. The van der Waals surface area contributed by atoms with Gasteiger partial charge in [-0.2, -0.15) is 0 Å². The van der Waals surface area contributed by atoms with Crippen LogP contribution in [-0.2, 0) is 0 Å². The molecule has 0 fully saturated rings. The topological polar surface area (TPSA) is 43.1 Å². The molecule has 3 aromatic rings. The van der Waals surface area contributed by atoms with E-state index in [-0.39, 0.29) is 0 Å². The molecule has 18 heavy (non-hydrogen) atoms. The molecule has 0 aliphatic rings. The molecule has 3 aromatic heterocycles. The van der Waals surface area contributed by atoms with Crippen LogP contribution < -0.4 is 0 Å². The molecule has 4 nitrogen and oxygen atoms in total. The van der Waals surface area contributed by atoms with Crippen molar-refractivity contribution in [2.24, 2.45) is 0 Å². The molecule has 0 saturated heterocycles. The number of fused-ring (bicyclic) bond motifs is 1. The first-order valence-corrected chi connectivity index (χ1v) is 6.58. The number of hydrogen-bond acceptors (Lipinski definition) is 4. The van der Waals surface area contributed by atoms with Crippen LogP contribution in [0.5, 0.6) is 0 Å². The quantitative estimate of drug-likeness (QED) is 0.725. The van der Waals surface area contributed by atoms with Crippen LogP contribution in [0.25, 0.3) is 5.65 Å². The van der Waals surface area contributed by atoms with Gasteiger partial charge in [0.05, 0.1) is 17.4 Å². The van der Waals surface area contributed by atoms with Crippen molar-refractivity contribution in [3.05, 3.63) is 47.2 Å². The predicted molar refractivity (Wildman–Crippen MR) is 71.4 cm³/mol. The third-order valence-electron chi connectivity index (χ3n) is 2.28. The summed E-state index contributed by atoms with van der Waals surface area (Å²) in [5.74, 6) is 0. The van der Waals surface area contributed by atoms with E-state index < -0.39 is 0 Å². The maximum atomic E-state index is 6.29. The Balaban J connectivity index is 1.99. The zero-order chi connectivity index (χ0) is 12.5. The second kappa shape index (κ2) is 4.76. The van der Waals surface area contributed by atoms with Gasteiger partial charge in [-0.25, -0.2) is 15.0 Å². The van der Waals surface area contributed by atoms with E-state index >= 15 is 0 Å². The molecule has 0 amide bonds. The zero-order valence-corrected chi connectivity index (χ0v) is 11.2. The normalized spacial score (nSPS) is 11.0. The van der Waals surface area contributed by atoms with Gasteiger partial charge in [-0.1, -0.05) is 35.0 Å². The van der Waals surface area contributed by atoms with E-state index in [9.17, 15) is 0 Å². The lowest BCUT2D eigenvalue weighted by molar-refractivity contribution is 1.05. The number of pyridine rings is 1. The van der Waals surface area contributed by atoms with Crippen molar-refractivity contribution in [1.82, 2.24) is 19.4 Å². The first kappa shape index (κ1) is 11.8. The average Bonchev–Trinajstić information content (AvgIpc) is 2.84. The summed E-state index contributed by atoms with van der Waals surface area (Å²) in [4.78, 5) is 13.2. The minimum absolute atomic E-state index is 0.370. The van der Waals surface area contributed by atoms with Crippen LogP contribution in [0.1, 0.15) is 0 Å². The second-order valence-corrected chi connectivity index (χ2v) is 5.26. The van der Waals surface area contributed by atoms with Gasteiger partial charge in [0, 0.05) is 23.5 Å². The summed E-state index contributed by atoms with van der Waals surface area (Å²) in [7, 11) is 0. The minimum atomic E-state index is 0.370. The Labute approximate surface area is 117 Å². The number of imidazole rings is 1. The number of hydrogen-bond donors (Lipinski definition) is 0. The van der Waals surface area contributed by atoms with E-state index in [1.165, 1.54) is 18.0 Å². The molecule has 0 aliphatic heterocycles. The second-order valence-electron chi connectivity index (χ2n) is 3.43. The first-order valence-electron chi connectivity index (χ1n) is 5.00. The van der Waals surface area contributed by atoms with E-state index in [1.54, 1.807) is 12.4 Å². The summed E-state index contributed by atoms with van der Waals surface area (Å²) in [6, 6.07) is 1.91. The molecule has 90 valence electrons. The average molecular weight is 297 g/mol. The van der Waals surface area contributed by atoms with Crippen LogP contribution in [0, 0.1) is 0 Å². The van der Waals surface area contributed by atoms with Crippen molar-refractivity contribution in [3.8, 4) is 0 Å². The van der Waals surface area contributed by atoms with Gasteiger partial charge < -0.3 is 4.40 Å². The first-order chi connectivity index (χ1) is 8.74. The van der Waals surface area contributed by atoms with Gasteiger partial charge in [0.1, 0.15) is 10.2 Å². The molecule has 3 rings (SSSR count). The van der Waals surface area contributed by atoms with Crippen LogP contribution in [-0.4, -0.2) is 19.4 Å². The van der Waals surface area contributed by atoms with Gasteiger partial charge in [-0.05, 0) is 6.07 Å². The van der Waals surface area contributed by atoms with Crippen LogP contribution in [0.2, 0.25) is 10.2 Å². The van der Waals surface area contributed by atoms with Crippen molar-refractivity contribution in [3.63, 3.8) is 0 Å². The number of nitrogens with zero attached hydrogens (tertiary/aromatic N) is 4. The Hall–Kier alpha value is -1.30. The van der Waals surface area contributed by atoms with E-state index in [1.807, 2.05) is 22.9 Å². The van der Waals surface area contributed by atoms with Gasteiger partial charge in [0.15, 0.2) is 5.65 Å². The zero-order valence-electron chi connectivity index (χ0n) is 8.92. The van der Waals surface area contributed by atoms with Crippen LogP contribution in [0.3, 0.4) is 0 Å². The fraction of sp³-hybridized carbons (Fsp3) is 0. The summed E-state index contributed by atoms with van der Waals surface area (Å²) in [5, 5.41) is 1.70. The van der Waals surface area contributed by atoms with Gasteiger partial charge in [-0.15, -0.1) is 0 Å². The molecule has 3 heterocycles. The van der Waals surface area contributed by atoms with Crippen LogP contribution in [0.15, 0.2) is 47.0 Å².